The van der Waals surface area contributed by atoms with Crippen molar-refractivity contribution in [1.82, 2.24) is 5.32 Å². The molecule has 0 fully saturated rings. The molecule has 0 amide bonds. The highest BCUT2D eigenvalue weighted by molar-refractivity contribution is 7.98. The van der Waals surface area contributed by atoms with Gasteiger partial charge in [0.15, 0.2) is 0 Å². The Hall–Kier alpha value is -0.200. The molecule has 0 aromatic heterocycles. The zero-order valence-corrected chi connectivity index (χ0v) is 9.49. The predicted molar refractivity (Wildman–Crippen MR) is 59.9 cm³/mol. The fraction of sp³-hybridized carbons (Fsp3) is 0.900. The van der Waals surface area contributed by atoms with Crippen LogP contribution in [0.5, 0.6) is 0 Å². The first-order valence-electron chi connectivity index (χ1n) is 4.94. The van der Waals surface area contributed by atoms with E-state index in [-0.39, 0.29) is 0 Å². The van der Waals surface area contributed by atoms with Gasteiger partial charge in [0.05, 0.1) is 12.5 Å². The Kier molecular flexibility index (Phi) is 9.73. The second kappa shape index (κ2) is 9.88. The molecule has 0 aromatic rings. The molecule has 0 aromatic carbocycles. The van der Waals surface area contributed by atoms with Gasteiger partial charge in [-0.3, -0.25) is 0 Å². The van der Waals surface area contributed by atoms with E-state index in [2.05, 4.69) is 24.6 Å². The minimum atomic E-state index is 0.402. The average molecular weight is 200 g/mol. The lowest BCUT2D eigenvalue weighted by Crippen LogP contribution is -2.28. The van der Waals surface area contributed by atoms with Crippen LogP contribution < -0.4 is 5.32 Å². The first kappa shape index (κ1) is 12.8. The summed E-state index contributed by atoms with van der Waals surface area (Å²) in [5.74, 6) is 1.25. The van der Waals surface area contributed by atoms with Crippen LogP contribution in [-0.4, -0.2) is 24.6 Å². The standard InChI is InChI=1S/C10H20N2S/c1-3-10(6-7-11)12-8-4-5-9-13-2/h10,12H,3-6,8-9H2,1-2H3. The topological polar surface area (TPSA) is 35.8 Å². The number of nitrogens with one attached hydrogen (secondary N) is 1. The summed E-state index contributed by atoms with van der Waals surface area (Å²) < 4.78 is 0. The third-order valence-electron chi connectivity index (χ3n) is 2.04. The highest BCUT2D eigenvalue weighted by Crippen LogP contribution is 2.00. The van der Waals surface area contributed by atoms with Crippen LogP contribution >= 0.6 is 11.8 Å². The van der Waals surface area contributed by atoms with E-state index in [9.17, 15) is 0 Å². The zero-order chi connectivity index (χ0) is 9.94. The number of hydrogen-bond donors (Lipinski definition) is 1. The van der Waals surface area contributed by atoms with Crippen molar-refractivity contribution in [1.29, 1.82) is 5.26 Å². The van der Waals surface area contributed by atoms with Crippen LogP contribution in [0.4, 0.5) is 0 Å². The Morgan fingerprint density at radius 2 is 2.23 bits per heavy atom. The lowest BCUT2D eigenvalue weighted by Gasteiger charge is -2.12. The molecule has 0 rings (SSSR count). The van der Waals surface area contributed by atoms with Crippen LogP contribution in [0.2, 0.25) is 0 Å². The number of hydrogen-bond acceptors (Lipinski definition) is 3. The zero-order valence-electron chi connectivity index (χ0n) is 8.68. The molecule has 0 spiro atoms. The van der Waals surface area contributed by atoms with E-state index in [1.165, 1.54) is 18.6 Å². The number of thioether (sulfide) groups is 1. The van der Waals surface area contributed by atoms with Gasteiger partial charge in [-0.15, -0.1) is 0 Å². The van der Waals surface area contributed by atoms with Crippen molar-refractivity contribution in [3.05, 3.63) is 0 Å². The summed E-state index contributed by atoms with van der Waals surface area (Å²) in [6.45, 7) is 3.18. The van der Waals surface area contributed by atoms with E-state index < -0.39 is 0 Å². The molecule has 76 valence electrons. The van der Waals surface area contributed by atoms with Crippen molar-refractivity contribution in [2.75, 3.05) is 18.6 Å². The molecular formula is C10H20N2S. The third-order valence-corrected chi connectivity index (χ3v) is 2.74. The Bertz CT molecular complexity index is 142. The van der Waals surface area contributed by atoms with Crippen LogP contribution in [0.1, 0.15) is 32.6 Å². The van der Waals surface area contributed by atoms with Crippen LogP contribution in [-0.2, 0) is 0 Å². The van der Waals surface area contributed by atoms with Gasteiger partial charge in [0, 0.05) is 6.04 Å². The number of unbranched alkanes of at least 4 members (excludes halogenated alkanes) is 1. The van der Waals surface area contributed by atoms with Gasteiger partial charge in [-0.1, -0.05) is 6.92 Å². The summed E-state index contributed by atoms with van der Waals surface area (Å²) >= 11 is 1.90. The van der Waals surface area contributed by atoms with Gasteiger partial charge in [-0.25, -0.2) is 0 Å². The Morgan fingerprint density at radius 3 is 2.77 bits per heavy atom. The smallest absolute Gasteiger partial charge is 0.0638 e. The van der Waals surface area contributed by atoms with Gasteiger partial charge in [-0.05, 0) is 37.8 Å². The van der Waals surface area contributed by atoms with E-state index in [1.54, 1.807) is 0 Å². The fourth-order valence-corrected chi connectivity index (χ4v) is 1.64. The van der Waals surface area contributed by atoms with Crippen LogP contribution in [0.15, 0.2) is 0 Å². The minimum Gasteiger partial charge on any atom is -0.313 e. The van der Waals surface area contributed by atoms with Crippen molar-refractivity contribution in [2.45, 2.75) is 38.6 Å². The molecule has 0 saturated carbocycles. The minimum absolute atomic E-state index is 0.402. The molecule has 0 saturated heterocycles. The maximum Gasteiger partial charge on any atom is 0.0638 e. The van der Waals surface area contributed by atoms with Crippen LogP contribution in [0, 0.1) is 11.3 Å². The first-order valence-corrected chi connectivity index (χ1v) is 6.33. The molecule has 2 nitrogen and oxygen atoms in total. The molecular weight excluding hydrogens is 180 g/mol. The summed E-state index contributed by atoms with van der Waals surface area (Å²) in [5, 5.41) is 11.9. The summed E-state index contributed by atoms with van der Waals surface area (Å²) in [7, 11) is 0. The molecule has 0 radical (unpaired) electrons. The quantitative estimate of drug-likeness (QED) is 0.611. The average Bonchev–Trinajstić information content (AvgIpc) is 2.16. The third kappa shape index (κ3) is 8.14. The predicted octanol–water partition coefficient (Wildman–Crippen LogP) is 2.41. The fourth-order valence-electron chi connectivity index (χ4n) is 1.15. The first-order chi connectivity index (χ1) is 6.35. The summed E-state index contributed by atoms with van der Waals surface area (Å²) in [6, 6.07) is 2.61. The van der Waals surface area contributed by atoms with Gasteiger partial charge in [0.1, 0.15) is 0 Å². The van der Waals surface area contributed by atoms with Crippen molar-refractivity contribution in [2.24, 2.45) is 0 Å². The number of nitrogens with zero attached hydrogens (tertiary/aromatic N) is 1. The molecule has 0 heterocycles. The molecule has 1 unspecified atom stereocenters. The lowest BCUT2D eigenvalue weighted by molar-refractivity contribution is 0.496. The van der Waals surface area contributed by atoms with Gasteiger partial charge in [-0.2, -0.15) is 17.0 Å². The van der Waals surface area contributed by atoms with E-state index in [1.807, 2.05) is 11.8 Å². The largest absolute Gasteiger partial charge is 0.313 e. The Labute approximate surface area is 86.1 Å². The summed E-state index contributed by atoms with van der Waals surface area (Å²) in [5.41, 5.74) is 0. The molecule has 0 aliphatic carbocycles. The second-order valence-electron chi connectivity index (χ2n) is 3.12. The Balaban J connectivity index is 3.23. The van der Waals surface area contributed by atoms with Gasteiger partial charge in [0.25, 0.3) is 0 Å². The highest BCUT2D eigenvalue weighted by atomic mass is 32.2. The SMILES string of the molecule is CCC(CC#N)NCCCCSC. The van der Waals surface area contributed by atoms with Gasteiger partial charge >= 0.3 is 0 Å². The molecule has 0 aliphatic rings. The normalized spacial score (nSPS) is 12.4. The molecule has 3 heteroatoms. The van der Waals surface area contributed by atoms with Crippen molar-refractivity contribution >= 4 is 11.8 Å². The van der Waals surface area contributed by atoms with Gasteiger partial charge < -0.3 is 5.32 Å². The maximum absolute atomic E-state index is 8.52. The molecule has 0 aliphatic heterocycles. The van der Waals surface area contributed by atoms with Gasteiger partial charge in [0.2, 0.25) is 0 Å². The van der Waals surface area contributed by atoms with E-state index in [4.69, 9.17) is 5.26 Å². The molecule has 0 bridgehead atoms. The van der Waals surface area contributed by atoms with E-state index >= 15 is 0 Å². The van der Waals surface area contributed by atoms with Crippen molar-refractivity contribution < 1.29 is 0 Å². The molecule has 1 atom stereocenters. The van der Waals surface area contributed by atoms with E-state index in [0.717, 1.165) is 13.0 Å². The molecule has 1 N–H and O–H groups in total. The van der Waals surface area contributed by atoms with Crippen molar-refractivity contribution in [3.8, 4) is 6.07 Å². The van der Waals surface area contributed by atoms with Crippen molar-refractivity contribution in [3.63, 3.8) is 0 Å². The Morgan fingerprint density at radius 1 is 1.46 bits per heavy atom. The second-order valence-corrected chi connectivity index (χ2v) is 4.11. The number of nitriles is 1. The summed E-state index contributed by atoms with van der Waals surface area (Å²) in [4.78, 5) is 0. The summed E-state index contributed by atoms with van der Waals surface area (Å²) in [6.07, 6.45) is 6.33. The van der Waals surface area contributed by atoms with Crippen LogP contribution in [0.3, 0.4) is 0 Å². The monoisotopic (exact) mass is 200 g/mol. The molecule has 13 heavy (non-hydrogen) atoms. The maximum atomic E-state index is 8.52. The number of rotatable bonds is 8. The van der Waals surface area contributed by atoms with Crippen LogP contribution in [0.25, 0.3) is 0 Å². The lowest BCUT2D eigenvalue weighted by atomic mass is 10.1. The van der Waals surface area contributed by atoms with E-state index in [0.29, 0.717) is 12.5 Å². The highest BCUT2D eigenvalue weighted by Gasteiger charge is 2.02.